The van der Waals surface area contributed by atoms with Gasteiger partial charge < -0.3 is 15.1 Å². The molecule has 1 aromatic heterocycles. The van der Waals surface area contributed by atoms with Gasteiger partial charge in [0.05, 0.1) is 0 Å². The van der Waals surface area contributed by atoms with E-state index in [1.54, 1.807) is 18.2 Å². The Morgan fingerprint density at radius 1 is 1.26 bits per heavy atom. The SMILES string of the molecule is C[C@H]1C[C@@H](C(=O)Nc2ccc3nc(-c4ccc(F)cc4)oc3c2)CCN1.Cl. The van der Waals surface area contributed by atoms with E-state index in [1.165, 1.54) is 12.1 Å². The summed E-state index contributed by atoms with van der Waals surface area (Å²) in [6.07, 6.45) is 1.68. The lowest BCUT2D eigenvalue weighted by Gasteiger charge is -2.27. The quantitative estimate of drug-likeness (QED) is 0.697. The molecule has 1 fully saturated rings. The fraction of sp³-hybridized carbons (Fsp3) is 0.300. The van der Waals surface area contributed by atoms with E-state index in [1.807, 2.05) is 12.1 Å². The number of nitrogens with one attached hydrogen (secondary N) is 2. The Morgan fingerprint density at radius 3 is 2.78 bits per heavy atom. The number of fused-ring (bicyclic) bond motifs is 1. The molecule has 7 heteroatoms. The zero-order valence-corrected chi connectivity index (χ0v) is 15.7. The number of oxazole rings is 1. The number of nitrogens with zero attached hydrogens (tertiary/aromatic N) is 1. The number of piperidine rings is 1. The first-order valence-corrected chi connectivity index (χ1v) is 8.79. The monoisotopic (exact) mass is 389 g/mol. The molecular weight excluding hydrogens is 369 g/mol. The number of anilines is 1. The van der Waals surface area contributed by atoms with Crippen LogP contribution in [0.2, 0.25) is 0 Å². The maximum Gasteiger partial charge on any atom is 0.227 e. The molecular formula is C20H21ClFN3O2. The van der Waals surface area contributed by atoms with E-state index in [-0.39, 0.29) is 30.0 Å². The predicted molar refractivity (Wildman–Crippen MR) is 105 cm³/mol. The second-order valence-corrected chi connectivity index (χ2v) is 6.77. The van der Waals surface area contributed by atoms with Crippen LogP contribution in [0.25, 0.3) is 22.6 Å². The van der Waals surface area contributed by atoms with Crippen molar-refractivity contribution in [3.05, 3.63) is 48.3 Å². The van der Waals surface area contributed by atoms with Crippen molar-refractivity contribution in [2.45, 2.75) is 25.8 Å². The highest BCUT2D eigenvalue weighted by molar-refractivity contribution is 5.94. The maximum atomic E-state index is 13.1. The highest BCUT2D eigenvalue weighted by Crippen LogP contribution is 2.27. The van der Waals surface area contributed by atoms with Crippen LogP contribution in [0.3, 0.4) is 0 Å². The number of hydrogen-bond acceptors (Lipinski definition) is 4. The van der Waals surface area contributed by atoms with Gasteiger partial charge in [0.1, 0.15) is 11.3 Å². The molecule has 2 aromatic carbocycles. The number of carbonyl (C=O) groups is 1. The Labute approximate surface area is 162 Å². The number of amides is 1. The van der Waals surface area contributed by atoms with Crippen molar-refractivity contribution in [3.63, 3.8) is 0 Å². The van der Waals surface area contributed by atoms with Crippen molar-refractivity contribution in [1.29, 1.82) is 0 Å². The summed E-state index contributed by atoms with van der Waals surface area (Å²) in [5, 5.41) is 6.33. The van der Waals surface area contributed by atoms with Crippen molar-refractivity contribution in [2.24, 2.45) is 5.92 Å². The molecule has 0 unspecified atom stereocenters. The maximum absolute atomic E-state index is 13.1. The molecule has 2 N–H and O–H groups in total. The number of halogens is 2. The zero-order valence-electron chi connectivity index (χ0n) is 14.9. The predicted octanol–water partition coefficient (Wildman–Crippen LogP) is 4.38. The van der Waals surface area contributed by atoms with E-state index < -0.39 is 0 Å². The third-order valence-electron chi connectivity index (χ3n) is 4.74. The Bertz CT molecular complexity index is 942. The van der Waals surface area contributed by atoms with Crippen molar-refractivity contribution < 1.29 is 13.6 Å². The standard InChI is InChI=1S/C20H20FN3O2.ClH/c1-12-10-14(8-9-22-12)19(25)23-16-6-7-17-18(11-16)26-20(24-17)13-2-4-15(21)5-3-13;/h2-7,11-12,14,22H,8-10H2,1H3,(H,23,25);1H/t12-,14-;/m0./s1. The van der Waals surface area contributed by atoms with Gasteiger partial charge in [-0.3, -0.25) is 4.79 Å². The van der Waals surface area contributed by atoms with Crippen LogP contribution in [0.4, 0.5) is 10.1 Å². The number of rotatable bonds is 3. The lowest BCUT2D eigenvalue weighted by Crippen LogP contribution is -2.40. The second kappa shape index (κ2) is 8.06. The minimum atomic E-state index is -0.304. The molecule has 3 aromatic rings. The summed E-state index contributed by atoms with van der Waals surface area (Å²) in [7, 11) is 0. The van der Waals surface area contributed by atoms with Gasteiger partial charge in [-0.05, 0) is 62.7 Å². The summed E-state index contributed by atoms with van der Waals surface area (Å²) in [4.78, 5) is 16.9. The summed E-state index contributed by atoms with van der Waals surface area (Å²) in [6.45, 7) is 2.96. The third kappa shape index (κ3) is 4.28. The number of carbonyl (C=O) groups excluding carboxylic acids is 1. The fourth-order valence-corrected chi connectivity index (χ4v) is 3.33. The molecule has 5 nitrogen and oxygen atoms in total. The highest BCUT2D eigenvalue weighted by Gasteiger charge is 2.24. The first-order valence-electron chi connectivity index (χ1n) is 8.79. The van der Waals surface area contributed by atoms with E-state index >= 15 is 0 Å². The molecule has 1 aliphatic rings. The largest absolute Gasteiger partial charge is 0.436 e. The van der Waals surface area contributed by atoms with Gasteiger partial charge in [-0.1, -0.05) is 0 Å². The Balaban J connectivity index is 0.00000210. The molecule has 1 amide bonds. The van der Waals surface area contributed by atoms with Crippen molar-refractivity contribution in [3.8, 4) is 11.5 Å². The average molecular weight is 390 g/mol. The van der Waals surface area contributed by atoms with E-state index in [9.17, 15) is 9.18 Å². The molecule has 0 spiro atoms. The first-order chi connectivity index (χ1) is 12.6. The minimum absolute atomic E-state index is 0. The Kier molecular flexibility index (Phi) is 5.77. The van der Waals surface area contributed by atoms with E-state index in [0.717, 1.165) is 19.4 Å². The lowest BCUT2D eigenvalue weighted by molar-refractivity contribution is -0.120. The molecule has 4 rings (SSSR count). The van der Waals surface area contributed by atoms with Crippen molar-refractivity contribution in [2.75, 3.05) is 11.9 Å². The third-order valence-corrected chi connectivity index (χ3v) is 4.74. The van der Waals surface area contributed by atoms with Crippen LogP contribution in [-0.2, 0) is 4.79 Å². The molecule has 2 atom stereocenters. The highest BCUT2D eigenvalue weighted by atomic mass is 35.5. The molecule has 1 aliphatic heterocycles. The average Bonchev–Trinajstić information content (AvgIpc) is 3.05. The number of benzene rings is 2. The van der Waals surface area contributed by atoms with Gasteiger partial charge in [-0.2, -0.15) is 0 Å². The van der Waals surface area contributed by atoms with Gasteiger partial charge in [-0.25, -0.2) is 9.37 Å². The molecule has 0 radical (unpaired) electrons. The molecule has 0 saturated carbocycles. The number of hydrogen-bond donors (Lipinski definition) is 2. The van der Waals surface area contributed by atoms with Crippen LogP contribution >= 0.6 is 12.4 Å². The topological polar surface area (TPSA) is 67.2 Å². The molecule has 0 bridgehead atoms. The molecule has 142 valence electrons. The summed E-state index contributed by atoms with van der Waals surface area (Å²) >= 11 is 0. The van der Waals surface area contributed by atoms with Crippen molar-refractivity contribution in [1.82, 2.24) is 10.3 Å². The Hall–Kier alpha value is -2.44. The zero-order chi connectivity index (χ0) is 18.1. The van der Waals surface area contributed by atoms with E-state index in [2.05, 4.69) is 22.5 Å². The lowest BCUT2D eigenvalue weighted by atomic mass is 9.92. The van der Waals surface area contributed by atoms with Crippen LogP contribution in [0.1, 0.15) is 19.8 Å². The Morgan fingerprint density at radius 2 is 2.04 bits per heavy atom. The fourth-order valence-electron chi connectivity index (χ4n) is 3.33. The summed E-state index contributed by atoms with van der Waals surface area (Å²) in [5.41, 5.74) is 2.67. The number of aromatic nitrogens is 1. The summed E-state index contributed by atoms with van der Waals surface area (Å²) in [6, 6.07) is 11.8. The van der Waals surface area contributed by atoms with E-state index in [4.69, 9.17) is 4.42 Å². The van der Waals surface area contributed by atoms with Crippen LogP contribution in [0.15, 0.2) is 46.9 Å². The molecule has 2 heterocycles. The molecule has 1 saturated heterocycles. The van der Waals surface area contributed by atoms with Crippen LogP contribution < -0.4 is 10.6 Å². The first kappa shape index (κ1) is 19.3. The molecule has 0 aliphatic carbocycles. The van der Waals surface area contributed by atoms with Crippen LogP contribution in [-0.4, -0.2) is 23.5 Å². The second-order valence-electron chi connectivity index (χ2n) is 6.77. The van der Waals surface area contributed by atoms with Gasteiger partial charge >= 0.3 is 0 Å². The summed E-state index contributed by atoms with van der Waals surface area (Å²) in [5.74, 6) is 0.181. The molecule has 27 heavy (non-hydrogen) atoms. The summed E-state index contributed by atoms with van der Waals surface area (Å²) < 4.78 is 18.8. The van der Waals surface area contributed by atoms with Gasteiger partial charge in [0, 0.05) is 29.3 Å². The van der Waals surface area contributed by atoms with Crippen LogP contribution in [0.5, 0.6) is 0 Å². The smallest absolute Gasteiger partial charge is 0.227 e. The van der Waals surface area contributed by atoms with E-state index in [0.29, 0.717) is 34.3 Å². The van der Waals surface area contributed by atoms with Crippen molar-refractivity contribution >= 4 is 35.1 Å². The minimum Gasteiger partial charge on any atom is -0.436 e. The van der Waals surface area contributed by atoms with Gasteiger partial charge in [0.2, 0.25) is 11.8 Å². The van der Waals surface area contributed by atoms with Gasteiger partial charge in [-0.15, -0.1) is 12.4 Å². The van der Waals surface area contributed by atoms with Crippen LogP contribution in [0, 0.1) is 11.7 Å². The normalized spacial score (nSPS) is 19.5. The van der Waals surface area contributed by atoms with Gasteiger partial charge in [0.25, 0.3) is 0 Å². The van der Waals surface area contributed by atoms with Gasteiger partial charge in [0.15, 0.2) is 5.58 Å².